The molecule has 4 nitrogen and oxygen atoms in total. The Kier molecular flexibility index (Phi) is 5.71. The van der Waals surface area contributed by atoms with E-state index in [1.807, 2.05) is 7.05 Å². The first-order valence-electron chi connectivity index (χ1n) is 10.0. The fourth-order valence-corrected chi connectivity index (χ4v) is 4.44. The van der Waals surface area contributed by atoms with Crippen LogP contribution in [0.3, 0.4) is 0 Å². The van der Waals surface area contributed by atoms with Crippen molar-refractivity contribution in [2.75, 3.05) is 32.7 Å². The van der Waals surface area contributed by atoms with E-state index in [2.05, 4.69) is 60.3 Å². The molecule has 3 rings (SSSR count). The van der Waals surface area contributed by atoms with E-state index in [4.69, 9.17) is 0 Å². The molecule has 1 aliphatic heterocycles. The highest BCUT2D eigenvalue weighted by molar-refractivity contribution is 6.01. The van der Waals surface area contributed by atoms with Crippen molar-refractivity contribution in [1.82, 2.24) is 14.4 Å². The standard InChI is InChI=1S/C22H33N3O/c1-6-24(7-2)14-18-9-8-12-25(15-18)22(26)21-17(4)19-13-16(3)10-11-20(19)23(21)5/h10-11,13,18H,6-9,12,14-15H2,1-5H3. The number of piperidine rings is 1. The molecular weight excluding hydrogens is 322 g/mol. The van der Waals surface area contributed by atoms with Crippen molar-refractivity contribution in [3.05, 3.63) is 35.0 Å². The molecule has 1 atom stereocenters. The Morgan fingerprint density at radius 3 is 2.65 bits per heavy atom. The van der Waals surface area contributed by atoms with E-state index in [0.29, 0.717) is 5.92 Å². The lowest BCUT2D eigenvalue weighted by atomic mass is 9.96. The van der Waals surface area contributed by atoms with Crippen LogP contribution in [0.4, 0.5) is 0 Å². The molecular formula is C22H33N3O. The zero-order chi connectivity index (χ0) is 18.8. The first-order chi connectivity index (χ1) is 12.5. The summed E-state index contributed by atoms with van der Waals surface area (Å²) in [5.41, 5.74) is 4.35. The molecule has 1 aromatic heterocycles. The Bertz CT molecular complexity index is 788. The smallest absolute Gasteiger partial charge is 0.270 e. The van der Waals surface area contributed by atoms with E-state index in [-0.39, 0.29) is 5.91 Å². The van der Waals surface area contributed by atoms with Crippen molar-refractivity contribution in [1.29, 1.82) is 0 Å². The number of carbonyl (C=O) groups is 1. The molecule has 2 heterocycles. The Hall–Kier alpha value is -1.81. The third-order valence-electron chi connectivity index (χ3n) is 6.03. The van der Waals surface area contributed by atoms with Crippen LogP contribution in [0.25, 0.3) is 10.9 Å². The summed E-state index contributed by atoms with van der Waals surface area (Å²) in [5.74, 6) is 0.785. The van der Waals surface area contributed by atoms with Crippen LogP contribution in [0.2, 0.25) is 0 Å². The molecule has 0 radical (unpaired) electrons. The number of nitrogens with zero attached hydrogens (tertiary/aromatic N) is 3. The van der Waals surface area contributed by atoms with Gasteiger partial charge in [0.25, 0.3) is 5.91 Å². The average Bonchev–Trinajstić information content (AvgIpc) is 2.89. The summed E-state index contributed by atoms with van der Waals surface area (Å²) in [6.45, 7) is 13.7. The molecule has 1 unspecified atom stereocenters. The molecule has 142 valence electrons. The zero-order valence-electron chi connectivity index (χ0n) is 17.0. The maximum absolute atomic E-state index is 13.4. The number of hydrogen-bond acceptors (Lipinski definition) is 2. The molecule has 0 bridgehead atoms. The van der Waals surface area contributed by atoms with Crippen molar-refractivity contribution in [3.8, 4) is 0 Å². The molecule has 0 spiro atoms. The summed E-state index contributed by atoms with van der Waals surface area (Å²) in [7, 11) is 2.02. The molecule has 0 aliphatic carbocycles. The summed E-state index contributed by atoms with van der Waals surface area (Å²) < 4.78 is 2.08. The Morgan fingerprint density at radius 2 is 1.96 bits per heavy atom. The first-order valence-corrected chi connectivity index (χ1v) is 10.0. The van der Waals surface area contributed by atoms with Gasteiger partial charge in [-0.1, -0.05) is 25.5 Å². The molecule has 1 fully saturated rings. The summed E-state index contributed by atoms with van der Waals surface area (Å²) in [6.07, 6.45) is 2.34. The van der Waals surface area contributed by atoms with Crippen LogP contribution in [0.5, 0.6) is 0 Å². The number of aryl methyl sites for hydroxylation is 3. The van der Waals surface area contributed by atoms with Crippen molar-refractivity contribution in [2.24, 2.45) is 13.0 Å². The van der Waals surface area contributed by atoms with Gasteiger partial charge in [-0.2, -0.15) is 0 Å². The minimum Gasteiger partial charge on any atom is -0.339 e. The van der Waals surface area contributed by atoms with Crippen molar-refractivity contribution < 1.29 is 4.79 Å². The van der Waals surface area contributed by atoms with E-state index in [1.54, 1.807) is 0 Å². The molecule has 1 amide bonds. The number of hydrogen-bond donors (Lipinski definition) is 0. The minimum atomic E-state index is 0.197. The highest BCUT2D eigenvalue weighted by Crippen LogP contribution is 2.28. The van der Waals surface area contributed by atoms with Gasteiger partial charge in [-0.05, 0) is 63.4 Å². The van der Waals surface area contributed by atoms with E-state index in [9.17, 15) is 4.79 Å². The summed E-state index contributed by atoms with van der Waals surface area (Å²) in [5, 5.41) is 1.20. The maximum Gasteiger partial charge on any atom is 0.270 e. The second kappa shape index (κ2) is 7.83. The zero-order valence-corrected chi connectivity index (χ0v) is 17.0. The number of carbonyl (C=O) groups excluding carboxylic acids is 1. The third-order valence-corrected chi connectivity index (χ3v) is 6.03. The highest BCUT2D eigenvalue weighted by atomic mass is 16.2. The largest absolute Gasteiger partial charge is 0.339 e. The average molecular weight is 356 g/mol. The summed E-state index contributed by atoms with van der Waals surface area (Å²) >= 11 is 0. The lowest BCUT2D eigenvalue weighted by Gasteiger charge is -2.35. The number of likely N-dealkylation sites (tertiary alicyclic amines) is 1. The number of benzene rings is 1. The first kappa shape index (κ1) is 19.0. The van der Waals surface area contributed by atoms with E-state index in [1.165, 1.54) is 17.4 Å². The SMILES string of the molecule is CCN(CC)CC1CCCN(C(=O)c2c(C)c3cc(C)ccc3n2C)C1. The summed E-state index contributed by atoms with van der Waals surface area (Å²) in [6, 6.07) is 6.45. The second-order valence-corrected chi connectivity index (χ2v) is 7.80. The van der Waals surface area contributed by atoms with Gasteiger partial charge < -0.3 is 14.4 Å². The molecule has 0 N–H and O–H groups in total. The minimum absolute atomic E-state index is 0.197. The lowest BCUT2D eigenvalue weighted by molar-refractivity contribution is 0.0634. The second-order valence-electron chi connectivity index (χ2n) is 7.80. The molecule has 26 heavy (non-hydrogen) atoms. The van der Waals surface area contributed by atoms with Crippen molar-refractivity contribution in [2.45, 2.75) is 40.5 Å². The van der Waals surface area contributed by atoms with Crippen molar-refractivity contribution in [3.63, 3.8) is 0 Å². The van der Waals surface area contributed by atoms with Crippen molar-refractivity contribution >= 4 is 16.8 Å². The number of rotatable bonds is 5. The van der Waals surface area contributed by atoms with Crippen LogP contribution in [-0.4, -0.2) is 53.0 Å². The number of aromatic nitrogens is 1. The van der Waals surface area contributed by atoms with E-state index in [0.717, 1.165) is 55.9 Å². The predicted molar refractivity (Wildman–Crippen MR) is 109 cm³/mol. The van der Waals surface area contributed by atoms with Gasteiger partial charge in [-0.15, -0.1) is 0 Å². The molecule has 4 heteroatoms. The highest BCUT2D eigenvalue weighted by Gasteiger charge is 2.28. The summed E-state index contributed by atoms with van der Waals surface area (Å²) in [4.78, 5) is 17.9. The van der Waals surface area contributed by atoms with Gasteiger partial charge in [0.05, 0.1) is 0 Å². The van der Waals surface area contributed by atoms with Gasteiger partial charge >= 0.3 is 0 Å². The quantitative estimate of drug-likeness (QED) is 0.811. The Labute approximate surface area is 157 Å². The number of amides is 1. The third kappa shape index (κ3) is 3.52. The van der Waals surface area contributed by atoms with Crippen LogP contribution in [-0.2, 0) is 7.05 Å². The molecule has 0 saturated carbocycles. The monoisotopic (exact) mass is 355 g/mol. The van der Waals surface area contributed by atoms with E-state index >= 15 is 0 Å². The van der Waals surface area contributed by atoms with Gasteiger partial charge in [0.2, 0.25) is 0 Å². The fourth-order valence-electron chi connectivity index (χ4n) is 4.44. The van der Waals surface area contributed by atoms with Crippen LogP contribution in [0.1, 0.15) is 48.3 Å². The normalized spacial score (nSPS) is 18.1. The molecule has 2 aromatic rings. The lowest BCUT2D eigenvalue weighted by Crippen LogP contribution is -2.44. The van der Waals surface area contributed by atoms with Gasteiger partial charge in [-0.25, -0.2) is 0 Å². The van der Waals surface area contributed by atoms with Crippen LogP contribution < -0.4 is 0 Å². The predicted octanol–water partition coefficient (Wildman–Crippen LogP) is 3.99. The van der Waals surface area contributed by atoms with E-state index < -0.39 is 0 Å². The Balaban J connectivity index is 1.84. The molecule has 1 aliphatic rings. The van der Waals surface area contributed by atoms with Crippen LogP contribution in [0, 0.1) is 19.8 Å². The fraction of sp³-hybridized carbons (Fsp3) is 0.591. The van der Waals surface area contributed by atoms with Gasteiger partial charge in [0.1, 0.15) is 5.69 Å². The van der Waals surface area contributed by atoms with Gasteiger partial charge in [0.15, 0.2) is 0 Å². The number of fused-ring (bicyclic) bond motifs is 1. The Morgan fingerprint density at radius 1 is 1.23 bits per heavy atom. The van der Waals surface area contributed by atoms with Gasteiger partial charge in [-0.3, -0.25) is 4.79 Å². The molecule has 1 aromatic carbocycles. The molecule has 1 saturated heterocycles. The van der Waals surface area contributed by atoms with Crippen LogP contribution in [0.15, 0.2) is 18.2 Å². The maximum atomic E-state index is 13.4. The van der Waals surface area contributed by atoms with Crippen LogP contribution >= 0.6 is 0 Å². The van der Waals surface area contributed by atoms with Gasteiger partial charge in [0, 0.05) is 37.6 Å². The topological polar surface area (TPSA) is 28.5 Å².